The van der Waals surface area contributed by atoms with Gasteiger partial charge >= 0.3 is 0 Å². The maximum Gasteiger partial charge on any atom is 0.277 e. The molecule has 1 aromatic rings. The number of nitrogens with zero attached hydrogens (tertiary/aromatic N) is 2. The minimum absolute atomic E-state index is 0.173. The fourth-order valence-corrected chi connectivity index (χ4v) is 3.68. The Labute approximate surface area is 190 Å². The van der Waals surface area contributed by atoms with Crippen LogP contribution < -0.4 is 5.32 Å². The predicted octanol–water partition coefficient (Wildman–Crippen LogP) is 2.90. The number of ether oxygens (including phenoxy) is 2. The lowest BCUT2D eigenvalue weighted by Crippen LogP contribution is -2.38. The van der Waals surface area contributed by atoms with Gasteiger partial charge in [-0.2, -0.15) is 0 Å². The third-order valence-electron chi connectivity index (χ3n) is 5.32. The van der Waals surface area contributed by atoms with Crippen LogP contribution in [0.4, 0.5) is 5.69 Å². The van der Waals surface area contributed by atoms with Crippen LogP contribution in [-0.4, -0.2) is 74.6 Å². The highest BCUT2D eigenvalue weighted by molar-refractivity contribution is 6.35. The van der Waals surface area contributed by atoms with Gasteiger partial charge in [0.25, 0.3) is 11.8 Å². The first-order valence-electron chi connectivity index (χ1n) is 11.2. The SMILES string of the molecule is CCCCCCN1C(=O)C(c2ccc(NC(C)=O)cc2)=C(N(CCOC)CCOC)C1=O. The molecular weight excluding hydrogens is 410 g/mol. The molecule has 1 aliphatic heterocycles. The summed E-state index contributed by atoms with van der Waals surface area (Å²) in [6.45, 7) is 5.72. The summed E-state index contributed by atoms with van der Waals surface area (Å²) in [5.74, 6) is -0.735. The fourth-order valence-electron chi connectivity index (χ4n) is 3.68. The Bertz CT molecular complexity index is 811. The number of hydrogen-bond acceptors (Lipinski definition) is 6. The van der Waals surface area contributed by atoms with E-state index in [1.54, 1.807) is 38.5 Å². The first-order valence-corrected chi connectivity index (χ1v) is 11.2. The van der Waals surface area contributed by atoms with Gasteiger partial charge in [-0.25, -0.2) is 0 Å². The molecule has 0 bridgehead atoms. The van der Waals surface area contributed by atoms with Crippen LogP contribution in [0.1, 0.15) is 45.1 Å². The Morgan fingerprint density at radius 2 is 1.59 bits per heavy atom. The van der Waals surface area contributed by atoms with Gasteiger partial charge in [0.1, 0.15) is 5.70 Å². The Morgan fingerprint density at radius 3 is 2.12 bits per heavy atom. The lowest BCUT2D eigenvalue weighted by atomic mass is 10.0. The summed E-state index contributed by atoms with van der Waals surface area (Å²) in [5.41, 5.74) is 2.04. The molecular formula is C24H35N3O5. The smallest absolute Gasteiger partial charge is 0.277 e. The summed E-state index contributed by atoms with van der Waals surface area (Å²) in [6, 6.07) is 6.99. The van der Waals surface area contributed by atoms with E-state index in [2.05, 4.69) is 12.2 Å². The number of benzene rings is 1. The van der Waals surface area contributed by atoms with Gasteiger partial charge in [0.2, 0.25) is 5.91 Å². The summed E-state index contributed by atoms with van der Waals surface area (Å²) in [7, 11) is 3.21. The van der Waals surface area contributed by atoms with Gasteiger partial charge in [-0.05, 0) is 24.1 Å². The molecule has 0 unspecified atom stereocenters. The van der Waals surface area contributed by atoms with Crippen molar-refractivity contribution in [3.05, 3.63) is 35.5 Å². The lowest BCUT2D eigenvalue weighted by Gasteiger charge is -2.25. The molecule has 0 fully saturated rings. The summed E-state index contributed by atoms with van der Waals surface area (Å²) in [5, 5.41) is 2.72. The van der Waals surface area contributed by atoms with Gasteiger partial charge < -0.3 is 19.7 Å². The highest BCUT2D eigenvalue weighted by Gasteiger charge is 2.41. The lowest BCUT2D eigenvalue weighted by molar-refractivity contribution is -0.137. The number of carbonyl (C=O) groups excluding carboxylic acids is 3. The third-order valence-corrected chi connectivity index (χ3v) is 5.32. The Hall–Kier alpha value is -2.71. The molecule has 3 amide bonds. The molecule has 0 saturated carbocycles. The molecule has 8 nitrogen and oxygen atoms in total. The van der Waals surface area contributed by atoms with Crippen LogP contribution in [0.25, 0.3) is 5.57 Å². The number of amides is 3. The molecule has 1 aliphatic rings. The number of unbranched alkanes of at least 4 members (excludes halogenated alkanes) is 3. The number of carbonyl (C=O) groups is 3. The topological polar surface area (TPSA) is 88.2 Å². The van der Waals surface area contributed by atoms with E-state index in [9.17, 15) is 14.4 Å². The molecule has 0 radical (unpaired) electrons. The van der Waals surface area contributed by atoms with Gasteiger partial charge in [-0.3, -0.25) is 19.3 Å². The zero-order valence-corrected chi connectivity index (χ0v) is 19.6. The predicted molar refractivity (Wildman–Crippen MR) is 124 cm³/mol. The maximum atomic E-state index is 13.4. The van der Waals surface area contributed by atoms with E-state index in [1.165, 1.54) is 11.8 Å². The minimum atomic E-state index is -0.284. The first kappa shape index (κ1) is 25.5. The molecule has 0 aromatic heterocycles. The van der Waals surface area contributed by atoms with Crippen molar-refractivity contribution in [3.8, 4) is 0 Å². The van der Waals surface area contributed by atoms with Crippen LogP contribution in [-0.2, 0) is 23.9 Å². The zero-order chi connectivity index (χ0) is 23.5. The van der Waals surface area contributed by atoms with E-state index >= 15 is 0 Å². The molecule has 0 aliphatic carbocycles. The fraction of sp³-hybridized carbons (Fsp3) is 0.542. The summed E-state index contributed by atoms with van der Waals surface area (Å²) in [4.78, 5) is 41.4. The van der Waals surface area contributed by atoms with E-state index in [0.29, 0.717) is 55.4 Å². The molecule has 1 aromatic carbocycles. The van der Waals surface area contributed by atoms with Crippen LogP contribution >= 0.6 is 0 Å². The van der Waals surface area contributed by atoms with Crippen molar-refractivity contribution in [2.24, 2.45) is 0 Å². The Balaban J connectivity index is 2.42. The largest absolute Gasteiger partial charge is 0.383 e. The highest BCUT2D eigenvalue weighted by Crippen LogP contribution is 2.32. The molecule has 0 saturated heterocycles. The Kier molecular flexibility index (Phi) is 10.4. The van der Waals surface area contributed by atoms with E-state index in [4.69, 9.17) is 9.47 Å². The van der Waals surface area contributed by atoms with Crippen molar-refractivity contribution in [2.45, 2.75) is 39.5 Å². The summed E-state index contributed by atoms with van der Waals surface area (Å²) < 4.78 is 10.5. The second kappa shape index (κ2) is 13.0. The molecule has 8 heteroatoms. The molecule has 176 valence electrons. The summed E-state index contributed by atoms with van der Waals surface area (Å²) >= 11 is 0. The molecule has 2 rings (SSSR count). The van der Waals surface area contributed by atoms with Gasteiger partial charge in [-0.15, -0.1) is 0 Å². The van der Waals surface area contributed by atoms with Crippen molar-refractivity contribution in [1.29, 1.82) is 0 Å². The van der Waals surface area contributed by atoms with Crippen molar-refractivity contribution < 1.29 is 23.9 Å². The molecule has 0 spiro atoms. The normalized spacial score (nSPS) is 13.8. The quantitative estimate of drug-likeness (QED) is 0.350. The average Bonchev–Trinajstić information content (AvgIpc) is 3.01. The van der Waals surface area contributed by atoms with E-state index in [0.717, 1.165) is 25.7 Å². The highest BCUT2D eigenvalue weighted by atomic mass is 16.5. The van der Waals surface area contributed by atoms with Gasteiger partial charge in [0, 0.05) is 46.5 Å². The minimum Gasteiger partial charge on any atom is -0.383 e. The second-order valence-corrected chi connectivity index (χ2v) is 7.78. The molecule has 1 heterocycles. The van der Waals surface area contributed by atoms with Gasteiger partial charge in [0.05, 0.1) is 18.8 Å². The third kappa shape index (κ3) is 6.64. The first-order chi connectivity index (χ1) is 15.4. The van der Waals surface area contributed by atoms with Crippen molar-refractivity contribution in [3.63, 3.8) is 0 Å². The van der Waals surface area contributed by atoms with Crippen LogP contribution in [0.2, 0.25) is 0 Å². The van der Waals surface area contributed by atoms with Crippen molar-refractivity contribution in [2.75, 3.05) is 52.4 Å². The zero-order valence-electron chi connectivity index (χ0n) is 19.6. The van der Waals surface area contributed by atoms with E-state index < -0.39 is 0 Å². The Morgan fingerprint density at radius 1 is 0.969 bits per heavy atom. The molecule has 1 N–H and O–H groups in total. The number of methoxy groups -OCH3 is 2. The van der Waals surface area contributed by atoms with Crippen LogP contribution in [0, 0.1) is 0 Å². The molecule has 0 atom stereocenters. The van der Waals surface area contributed by atoms with Crippen LogP contribution in [0.5, 0.6) is 0 Å². The van der Waals surface area contributed by atoms with Crippen LogP contribution in [0.15, 0.2) is 30.0 Å². The number of anilines is 1. The monoisotopic (exact) mass is 445 g/mol. The standard InChI is InChI=1S/C24H35N3O5/c1-5-6-7-8-13-27-23(29)21(19-9-11-20(12-10-19)25-18(2)28)22(24(27)30)26(14-16-31-3)15-17-32-4/h9-12H,5-8,13-17H2,1-4H3,(H,25,28). The van der Waals surface area contributed by atoms with E-state index in [-0.39, 0.29) is 17.7 Å². The number of rotatable bonds is 14. The van der Waals surface area contributed by atoms with Crippen molar-refractivity contribution >= 4 is 29.0 Å². The number of nitrogens with one attached hydrogen (secondary N) is 1. The maximum absolute atomic E-state index is 13.4. The molecule has 32 heavy (non-hydrogen) atoms. The summed E-state index contributed by atoms with van der Waals surface area (Å²) in [6.07, 6.45) is 3.91. The number of imide groups is 1. The van der Waals surface area contributed by atoms with Gasteiger partial charge in [0.15, 0.2) is 0 Å². The number of hydrogen-bond donors (Lipinski definition) is 1. The van der Waals surface area contributed by atoms with Gasteiger partial charge in [-0.1, -0.05) is 38.3 Å². The van der Waals surface area contributed by atoms with Crippen LogP contribution in [0.3, 0.4) is 0 Å². The second-order valence-electron chi connectivity index (χ2n) is 7.78. The average molecular weight is 446 g/mol. The van der Waals surface area contributed by atoms with Crippen molar-refractivity contribution in [1.82, 2.24) is 9.80 Å². The van der Waals surface area contributed by atoms with E-state index in [1.807, 2.05) is 4.90 Å².